The van der Waals surface area contributed by atoms with E-state index in [1.54, 1.807) is 11.3 Å². The Hall–Kier alpha value is -2.33. The maximum Gasteiger partial charge on any atom is 0.311 e. The summed E-state index contributed by atoms with van der Waals surface area (Å²) in [6.07, 6.45) is -0.290. The van der Waals surface area contributed by atoms with Crippen LogP contribution in [-0.2, 0) is 4.79 Å². The van der Waals surface area contributed by atoms with Crippen molar-refractivity contribution in [3.8, 4) is 5.75 Å². The average Bonchev–Trinajstić information content (AvgIpc) is 2.99. The molecule has 1 N–H and O–H groups in total. The fourth-order valence-corrected chi connectivity index (χ4v) is 3.90. The van der Waals surface area contributed by atoms with Crippen LogP contribution in [0.3, 0.4) is 0 Å². The van der Waals surface area contributed by atoms with Crippen LogP contribution in [0.4, 0.5) is 0 Å². The number of benzene rings is 2. The van der Waals surface area contributed by atoms with Gasteiger partial charge in [0.05, 0.1) is 0 Å². The monoisotopic (exact) mass is 310 g/mol. The zero-order valence-corrected chi connectivity index (χ0v) is 12.5. The molecule has 1 fully saturated rings. The maximum absolute atomic E-state index is 11.5. The Morgan fingerprint density at radius 1 is 1.05 bits per heavy atom. The second-order valence-electron chi connectivity index (χ2n) is 5.46. The molecule has 0 bridgehead atoms. The van der Waals surface area contributed by atoms with E-state index in [2.05, 4.69) is 0 Å². The van der Waals surface area contributed by atoms with Gasteiger partial charge in [-0.05, 0) is 22.9 Å². The van der Waals surface area contributed by atoms with E-state index in [0.29, 0.717) is 0 Å². The summed E-state index contributed by atoms with van der Waals surface area (Å²) in [5.74, 6) is -0.536. The summed E-state index contributed by atoms with van der Waals surface area (Å²) < 4.78 is 6.07. The molecule has 0 aliphatic heterocycles. The highest BCUT2D eigenvalue weighted by atomic mass is 32.1. The summed E-state index contributed by atoms with van der Waals surface area (Å²) in [5.41, 5.74) is 0. The molecule has 0 amide bonds. The largest absolute Gasteiger partial charge is 0.488 e. The lowest BCUT2D eigenvalue weighted by Crippen LogP contribution is -2.07. The number of hydrogen-bond acceptors (Lipinski definition) is 3. The number of thiophene rings is 1. The first-order chi connectivity index (χ1) is 10.8. The zero-order chi connectivity index (χ0) is 15.1. The first-order valence-corrected chi connectivity index (χ1v) is 8.04. The molecular formula is C18H14O3S. The van der Waals surface area contributed by atoms with Crippen molar-refractivity contribution in [2.75, 3.05) is 0 Å². The summed E-state index contributed by atoms with van der Waals surface area (Å²) in [6.45, 7) is 0. The highest BCUT2D eigenvalue weighted by molar-refractivity contribution is 7.10. The number of hydrogen-bond donors (Lipinski definition) is 1. The van der Waals surface area contributed by atoms with Crippen molar-refractivity contribution in [2.24, 2.45) is 5.92 Å². The Morgan fingerprint density at radius 2 is 1.86 bits per heavy atom. The van der Waals surface area contributed by atoms with E-state index in [4.69, 9.17) is 4.74 Å². The van der Waals surface area contributed by atoms with E-state index < -0.39 is 11.9 Å². The first-order valence-electron chi connectivity index (χ1n) is 7.16. The van der Waals surface area contributed by atoms with E-state index in [1.165, 1.54) is 0 Å². The van der Waals surface area contributed by atoms with Gasteiger partial charge in [0.2, 0.25) is 0 Å². The number of carboxylic acid groups (broad SMARTS) is 1. The van der Waals surface area contributed by atoms with Gasteiger partial charge in [0.25, 0.3) is 0 Å². The Balaban J connectivity index is 1.66. The number of carbonyl (C=O) groups is 1. The van der Waals surface area contributed by atoms with Crippen molar-refractivity contribution in [3.05, 3.63) is 64.9 Å². The van der Waals surface area contributed by atoms with Gasteiger partial charge in [-0.1, -0.05) is 42.5 Å². The molecule has 0 saturated heterocycles. The van der Waals surface area contributed by atoms with Crippen molar-refractivity contribution in [1.29, 1.82) is 0 Å². The fourth-order valence-electron chi connectivity index (χ4n) is 2.99. The Morgan fingerprint density at radius 3 is 2.64 bits per heavy atom. The first kappa shape index (κ1) is 13.3. The number of aliphatic carboxylic acids is 1. The molecule has 1 heterocycles. The lowest BCUT2D eigenvalue weighted by atomic mass is 10.1. The van der Waals surface area contributed by atoms with Gasteiger partial charge in [0.15, 0.2) is 0 Å². The number of carboxylic acids is 1. The summed E-state index contributed by atoms with van der Waals surface area (Å²) in [6, 6.07) is 17.8. The van der Waals surface area contributed by atoms with Crippen LogP contribution in [0.2, 0.25) is 0 Å². The van der Waals surface area contributed by atoms with E-state index in [0.717, 1.165) is 21.4 Å². The molecule has 2 aromatic carbocycles. The SMILES string of the molecule is O=C(O)C1C(Oc2cccc3ccccc23)C1c1cccs1. The van der Waals surface area contributed by atoms with Crippen LogP contribution in [0.5, 0.6) is 5.75 Å². The Kier molecular flexibility index (Phi) is 3.12. The summed E-state index contributed by atoms with van der Waals surface area (Å²) in [4.78, 5) is 12.5. The molecule has 3 unspecified atom stereocenters. The fraction of sp³-hybridized carbons (Fsp3) is 0.167. The van der Waals surface area contributed by atoms with E-state index in [9.17, 15) is 9.90 Å². The van der Waals surface area contributed by atoms with Crippen LogP contribution in [0.25, 0.3) is 10.8 Å². The normalized spacial score (nSPS) is 23.4. The van der Waals surface area contributed by atoms with Gasteiger partial charge in [0.1, 0.15) is 17.8 Å². The van der Waals surface area contributed by atoms with Crippen LogP contribution >= 0.6 is 11.3 Å². The molecule has 1 saturated carbocycles. The molecule has 0 radical (unpaired) electrons. The van der Waals surface area contributed by atoms with Crippen molar-refractivity contribution >= 4 is 28.1 Å². The van der Waals surface area contributed by atoms with Gasteiger partial charge in [-0.3, -0.25) is 4.79 Å². The van der Waals surface area contributed by atoms with Crippen LogP contribution in [-0.4, -0.2) is 17.2 Å². The van der Waals surface area contributed by atoms with Gasteiger partial charge < -0.3 is 9.84 Å². The van der Waals surface area contributed by atoms with Crippen molar-refractivity contribution in [3.63, 3.8) is 0 Å². The predicted molar refractivity (Wildman–Crippen MR) is 86.5 cm³/mol. The van der Waals surface area contributed by atoms with Crippen LogP contribution < -0.4 is 4.74 Å². The van der Waals surface area contributed by atoms with Gasteiger partial charge in [-0.25, -0.2) is 0 Å². The molecular weight excluding hydrogens is 296 g/mol. The second kappa shape index (κ2) is 5.14. The molecule has 1 aliphatic carbocycles. The van der Waals surface area contributed by atoms with E-state index in [1.807, 2.05) is 60.0 Å². The third-order valence-corrected chi connectivity index (χ3v) is 5.10. The second-order valence-corrected chi connectivity index (χ2v) is 6.44. The molecule has 0 spiro atoms. The van der Waals surface area contributed by atoms with Gasteiger partial charge in [-0.2, -0.15) is 0 Å². The topological polar surface area (TPSA) is 46.5 Å². The average molecular weight is 310 g/mol. The number of rotatable bonds is 4. The molecule has 110 valence electrons. The molecule has 3 nitrogen and oxygen atoms in total. The van der Waals surface area contributed by atoms with Crippen LogP contribution in [0.1, 0.15) is 10.8 Å². The molecule has 22 heavy (non-hydrogen) atoms. The molecule has 1 aromatic heterocycles. The summed E-state index contributed by atoms with van der Waals surface area (Å²) in [7, 11) is 0. The minimum atomic E-state index is -0.788. The standard InChI is InChI=1S/C18H14O3S/c19-18(20)16-15(14-9-4-10-22-14)17(16)21-13-8-3-6-11-5-1-2-7-12(11)13/h1-10,15-17H,(H,19,20). The smallest absolute Gasteiger partial charge is 0.311 e. The van der Waals surface area contributed by atoms with Crippen molar-refractivity contribution in [2.45, 2.75) is 12.0 Å². The predicted octanol–water partition coefficient (Wildman–Crippen LogP) is 4.15. The molecule has 3 atom stereocenters. The van der Waals surface area contributed by atoms with Gasteiger partial charge >= 0.3 is 5.97 Å². The van der Waals surface area contributed by atoms with Gasteiger partial charge in [0, 0.05) is 16.2 Å². The summed E-state index contributed by atoms with van der Waals surface area (Å²) in [5, 5.41) is 13.5. The van der Waals surface area contributed by atoms with Gasteiger partial charge in [-0.15, -0.1) is 11.3 Å². The zero-order valence-electron chi connectivity index (χ0n) is 11.7. The highest BCUT2D eigenvalue weighted by Crippen LogP contribution is 2.52. The highest BCUT2D eigenvalue weighted by Gasteiger charge is 2.59. The number of ether oxygens (including phenoxy) is 1. The summed E-state index contributed by atoms with van der Waals surface area (Å²) >= 11 is 1.59. The Labute approximate surface area is 131 Å². The van der Waals surface area contributed by atoms with Crippen molar-refractivity contribution < 1.29 is 14.6 Å². The molecule has 4 rings (SSSR count). The molecule has 4 heteroatoms. The van der Waals surface area contributed by atoms with Crippen LogP contribution in [0.15, 0.2) is 60.0 Å². The van der Waals surface area contributed by atoms with E-state index >= 15 is 0 Å². The minimum Gasteiger partial charge on any atom is -0.488 e. The minimum absolute atomic E-state index is 0.0449. The van der Waals surface area contributed by atoms with E-state index in [-0.39, 0.29) is 12.0 Å². The molecule has 1 aliphatic rings. The lowest BCUT2D eigenvalue weighted by Gasteiger charge is -2.09. The third-order valence-electron chi connectivity index (χ3n) is 4.12. The number of fused-ring (bicyclic) bond motifs is 1. The quantitative estimate of drug-likeness (QED) is 0.787. The third kappa shape index (κ3) is 2.16. The maximum atomic E-state index is 11.5. The lowest BCUT2D eigenvalue weighted by molar-refractivity contribution is -0.139. The Bertz CT molecular complexity index is 820. The molecule has 3 aromatic rings. The van der Waals surface area contributed by atoms with Crippen LogP contribution in [0, 0.1) is 5.92 Å². The van der Waals surface area contributed by atoms with Crippen molar-refractivity contribution in [1.82, 2.24) is 0 Å².